The Balaban J connectivity index is 6.75. The highest BCUT2D eigenvalue weighted by atomic mass is 16.7. The van der Waals surface area contributed by atoms with Crippen LogP contribution < -0.4 is 53.7 Å². The molecule has 0 aliphatic carbocycles. The van der Waals surface area contributed by atoms with Crippen molar-refractivity contribution in [1.29, 1.82) is 0 Å². The molecule has 0 heterocycles. The number of aliphatic carboxylic acids is 4. The fraction of sp³-hybridized carbons (Fsp3) is 0.745. The Kier molecular flexibility index (Phi) is 32.4. The van der Waals surface area contributed by atoms with E-state index in [0.29, 0.717) is 0 Å². The normalized spacial score (nSPS) is 15.2. The lowest BCUT2D eigenvalue weighted by atomic mass is 9.98. The van der Waals surface area contributed by atoms with Crippen LogP contribution in [-0.2, 0) is 67.2 Å². The van der Waals surface area contributed by atoms with E-state index in [0.717, 1.165) is 6.92 Å². The van der Waals surface area contributed by atoms with Crippen LogP contribution >= 0.6 is 0 Å². The van der Waals surface area contributed by atoms with Crippen molar-refractivity contribution in [3.05, 3.63) is 0 Å². The molecule has 450 valence electrons. The summed E-state index contributed by atoms with van der Waals surface area (Å²) in [6, 6.07) is -14.7. The molecule has 0 rings (SSSR count). The van der Waals surface area contributed by atoms with Gasteiger partial charge in [0.05, 0.1) is 25.3 Å². The van der Waals surface area contributed by atoms with Gasteiger partial charge < -0.3 is 73.5 Å². The number of carbonyl (C=O) groups excluding carboxylic acids is 9. The number of nitrogens with one attached hydrogen (secondary N) is 9. The SMILES string of the molecule is CC(C)C[C@H](NOC(=O)C[C@H](NC(=O)[C@H](CC(C)C)NC(=O)[C@H](CC(C)C)NC(=O)[C@H](CC(C)C)NC(=O)[C@@H](N)CC(=O)O)C(=O)N[C@@H](C)C(=O)O)C(=O)N[C@@H](CC(C)C)C(=O)N[C@@H](CC(C)C)C(=O)N[C@@H](CC(=O)O)C(=O)O. The highest BCUT2D eigenvalue weighted by molar-refractivity contribution is 5.98. The Bertz CT molecular complexity index is 2120. The number of hydroxylamine groups is 1. The van der Waals surface area contributed by atoms with Crippen molar-refractivity contribution in [1.82, 2.24) is 48.0 Å². The first-order valence-corrected chi connectivity index (χ1v) is 26.5. The number of carboxylic acid groups (broad SMARTS) is 4. The molecule has 0 bridgehead atoms. The highest BCUT2D eigenvalue weighted by Crippen LogP contribution is 2.15. The monoisotopic (exact) mass is 1130 g/mol. The minimum absolute atomic E-state index is 0.00760. The van der Waals surface area contributed by atoms with Crippen LogP contribution in [0.15, 0.2) is 0 Å². The van der Waals surface area contributed by atoms with E-state index in [2.05, 4.69) is 48.0 Å². The molecular weight excluding hydrogens is 1040 g/mol. The van der Waals surface area contributed by atoms with Crippen molar-refractivity contribution in [3.8, 4) is 0 Å². The molecule has 79 heavy (non-hydrogen) atoms. The van der Waals surface area contributed by atoms with Crippen LogP contribution in [0.5, 0.6) is 0 Å². The number of hydrogen-bond acceptors (Lipinski definition) is 16. The maximum absolute atomic E-state index is 14.1. The molecule has 8 amide bonds. The summed E-state index contributed by atoms with van der Waals surface area (Å²) < 4.78 is 0. The third-order valence-corrected chi connectivity index (χ3v) is 11.5. The molecule has 0 radical (unpaired) electrons. The van der Waals surface area contributed by atoms with Gasteiger partial charge in [-0.2, -0.15) is 0 Å². The van der Waals surface area contributed by atoms with Crippen LogP contribution in [0.4, 0.5) is 0 Å². The van der Waals surface area contributed by atoms with Gasteiger partial charge in [0.2, 0.25) is 47.3 Å². The van der Waals surface area contributed by atoms with E-state index in [-0.39, 0.29) is 74.0 Å². The zero-order chi connectivity index (χ0) is 61.2. The van der Waals surface area contributed by atoms with Gasteiger partial charge in [-0.25, -0.2) is 4.79 Å². The summed E-state index contributed by atoms with van der Waals surface area (Å²) in [4.78, 5) is 174. The summed E-state index contributed by atoms with van der Waals surface area (Å²) in [7, 11) is 0. The predicted molar refractivity (Wildman–Crippen MR) is 283 cm³/mol. The Labute approximate surface area is 461 Å². The number of rotatable bonds is 38. The first kappa shape index (κ1) is 72.0. The van der Waals surface area contributed by atoms with Gasteiger partial charge in [0.25, 0.3) is 0 Å². The fourth-order valence-corrected chi connectivity index (χ4v) is 7.69. The molecule has 0 aliphatic rings. The van der Waals surface area contributed by atoms with E-state index in [1.807, 2.05) is 0 Å². The molecule has 0 saturated heterocycles. The van der Waals surface area contributed by atoms with E-state index in [1.54, 1.807) is 83.1 Å². The Morgan fingerprint density at radius 1 is 0.329 bits per heavy atom. The van der Waals surface area contributed by atoms with Crippen molar-refractivity contribution in [2.75, 3.05) is 0 Å². The summed E-state index contributed by atoms with van der Waals surface area (Å²) in [5, 5.41) is 56.8. The van der Waals surface area contributed by atoms with Crippen molar-refractivity contribution in [2.24, 2.45) is 41.2 Å². The van der Waals surface area contributed by atoms with Crippen molar-refractivity contribution in [3.63, 3.8) is 0 Å². The second kappa shape index (κ2) is 35.5. The van der Waals surface area contributed by atoms with Gasteiger partial charge >= 0.3 is 29.8 Å². The number of nitrogens with two attached hydrogens (primary N) is 1. The van der Waals surface area contributed by atoms with Crippen LogP contribution in [0.3, 0.4) is 0 Å². The lowest BCUT2D eigenvalue weighted by molar-refractivity contribution is -0.157. The fourth-order valence-electron chi connectivity index (χ4n) is 7.69. The molecule has 28 heteroatoms. The second-order valence-corrected chi connectivity index (χ2v) is 22.3. The van der Waals surface area contributed by atoms with E-state index >= 15 is 0 Å². The van der Waals surface area contributed by atoms with Gasteiger partial charge in [0.15, 0.2) is 0 Å². The number of carboxylic acids is 4. The first-order valence-electron chi connectivity index (χ1n) is 26.5. The average molecular weight is 1130 g/mol. The quantitative estimate of drug-likeness (QED) is 0.0344. The lowest BCUT2D eigenvalue weighted by Gasteiger charge is -2.28. The molecule has 28 nitrogen and oxygen atoms in total. The molecule has 0 fully saturated rings. The number of amides is 8. The minimum atomic E-state index is -1.86. The standard InChI is InChI=1S/C51H88N10O18/c1-23(2)14-31(54-42(67)30(52)20-39(62)63)44(69)55-32(15-24(3)4)45(70)56-33(16-25(5)6)47(72)59-36(43(68)53-29(13)50(75)76)22-41(66)79-61-37(19-28(11)12)49(74)58-34(17-26(7)8)46(71)57-35(18-27(9)10)48(73)60-38(51(77)78)21-40(64)65/h23-38,61H,14-22,52H2,1-13H3,(H,53,68)(H,54,67)(H,55,69)(H,56,70)(H,57,71)(H,58,74)(H,59,72)(H,60,73)(H,62,63)(H,64,65)(H,75,76)(H,77,78)/t29-,30-,31-,32-,33-,34-,35-,36-,37-,38-/m0/s1. The maximum atomic E-state index is 14.1. The molecule has 0 unspecified atom stereocenters. The van der Waals surface area contributed by atoms with Gasteiger partial charge in [-0.05, 0) is 81.0 Å². The minimum Gasteiger partial charge on any atom is -0.481 e. The summed E-state index contributed by atoms with van der Waals surface area (Å²) >= 11 is 0. The largest absolute Gasteiger partial charge is 0.481 e. The van der Waals surface area contributed by atoms with Crippen LogP contribution in [0.1, 0.15) is 148 Å². The molecular formula is C51H88N10O18. The van der Waals surface area contributed by atoms with E-state index in [9.17, 15) is 72.5 Å². The molecule has 0 aromatic carbocycles. The summed E-state index contributed by atoms with van der Waals surface area (Å²) in [5.74, 6) is -16.1. The predicted octanol–water partition coefficient (Wildman–Crippen LogP) is -0.586. The van der Waals surface area contributed by atoms with Gasteiger partial charge in [0.1, 0.15) is 54.4 Å². The van der Waals surface area contributed by atoms with Gasteiger partial charge in [-0.1, -0.05) is 83.1 Å². The summed E-state index contributed by atoms with van der Waals surface area (Å²) in [6.07, 6.45) is -2.62. The molecule has 0 aromatic heterocycles. The third-order valence-electron chi connectivity index (χ3n) is 11.5. The molecule has 0 aromatic rings. The van der Waals surface area contributed by atoms with Crippen molar-refractivity contribution in [2.45, 2.75) is 208 Å². The zero-order valence-corrected chi connectivity index (χ0v) is 47.7. The second-order valence-electron chi connectivity index (χ2n) is 22.3. The van der Waals surface area contributed by atoms with Gasteiger partial charge in [-0.3, -0.25) is 57.5 Å². The Morgan fingerprint density at radius 2 is 0.595 bits per heavy atom. The molecule has 0 saturated carbocycles. The Morgan fingerprint density at radius 3 is 0.886 bits per heavy atom. The van der Waals surface area contributed by atoms with E-state index in [4.69, 9.17) is 20.8 Å². The molecule has 15 N–H and O–H groups in total. The van der Waals surface area contributed by atoms with Crippen molar-refractivity contribution < 1.29 is 87.6 Å². The molecule has 10 atom stereocenters. The summed E-state index contributed by atoms with van der Waals surface area (Å²) in [5.41, 5.74) is 8.08. The third kappa shape index (κ3) is 30.1. The smallest absolute Gasteiger partial charge is 0.327 e. The highest BCUT2D eigenvalue weighted by Gasteiger charge is 2.37. The maximum Gasteiger partial charge on any atom is 0.327 e. The first-order chi connectivity index (χ1) is 36.4. The summed E-state index contributed by atoms with van der Waals surface area (Å²) in [6.45, 7) is 21.9. The number of carbonyl (C=O) groups is 13. The van der Waals surface area contributed by atoms with Gasteiger partial charge in [0, 0.05) is 0 Å². The van der Waals surface area contributed by atoms with Crippen LogP contribution in [0.25, 0.3) is 0 Å². The van der Waals surface area contributed by atoms with Gasteiger partial charge in [-0.15, -0.1) is 5.48 Å². The topological polar surface area (TPSA) is 446 Å². The van der Waals surface area contributed by atoms with Crippen LogP contribution in [-0.4, -0.2) is 158 Å². The van der Waals surface area contributed by atoms with E-state index < -0.39 is 157 Å². The van der Waals surface area contributed by atoms with Crippen LogP contribution in [0, 0.1) is 35.5 Å². The molecule has 0 spiro atoms. The van der Waals surface area contributed by atoms with Crippen molar-refractivity contribution >= 4 is 77.1 Å². The lowest BCUT2D eigenvalue weighted by Crippen LogP contribution is -2.60. The van der Waals surface area contributed by atoms with E-state index in [1.165, 1.54) is 0 Å². The zero-order valence-electron chi connectivity index (χ0n) is 47.7. The average Bonchev–Trinajstić information content (AvgIpc) is 3.29. The number of hydrogen-bond donors (Lipinski definition) is 14. The Hall–Kier alpha value is -6.97. The van der Waals surface area contributed by atoms with Crippen LogP contribution in [0.2, 0.25) is 0 Å². The molecule has 0 aliphatic heterocycles.